The summed E-state index contributed by atoms with van der Waals surface area (Å²) in [6, 6.07) is 13.6. The third-order valence-electron chi connectivity index (χ3n) is 3.68. The van der Waals surface area contributed by atoms with Crippen LogP contribution in [0, 0.1) is 0 Å². The van der Waals surface area contributed by atoms with Crippen LogP contribution in [0.4, 0.5) is 0 Å². The predicted molar refractivity (Wildman–Crippen MR) is 109 cm³/mol. The van der Waals surface area contributed by atoms with E-state index in [1.165, 1.54) is 15.9 Å². The molecule has 0 aliphatic carbocycles. The molecule has 4 rings (SSSR count). The van der Waals surface area contributed by atoms with Gasteiger partial charge in [0.25, 0.3) is 5.56 Å². The van der Waals surface area contributed by atoms with E-state index in [2.05, 4.69) is 41.8 Å². The van der Waals surface area contributed by atoms with Crippen LogP contribution in [0.3, 0.4) is 0 Å². The number of fused-ring (bicyclic) bond motifs is 1. The molecule has 8 heteroatoms. The number of ether oxygens (including phenoxy) is 1. The van der Waals surface area contributed by atoms with Crippen LogP contribution in [-0.4, -0.2) is 14.5 Å². The Morgan fingerprint density at radius 2 is 1.96 bits per heavy atom. The van der Waals surface area contributed by atoms with Gasteiger partial charge in [0, 0.05) is 20.5 Å². The van der Waals surface area contributed by atoms with Crippen LogP contribution in [0.2, 0.25) is 0 Å². The summed E-state index contributed by atoms with van der Waals surface area (Å²) in [7, 11) is 0. The Kier molecular flexibility index (Phi) is 4.88. The summed E-state index contributed by atoms with van der Waals surface area (Å²) in [6.45, 7) is 0.304. The third kappa shape index (κ3) is 3.32. The largest absolute Gasteiger partial charge is 0.459 e. The molecule has 0 spiro atoms. The Labute approximate surface area is 169 Å². The molecule has 2 heterocycles. The Bertz CT molecular complexity index is 1130. The summed E-state index contributed by atoms with van der Waals surface area (Å²) in [6.07, 6.45) is 1.65. The fraction of sp³-hybridized carbons (Fsp3) is 0.0556. The molecule has 4 aromatic rings. The van der Waals surface area contributed by atoms with Gasteiger partial charge in [-0.2, -0.15) is 4.98 Å². The highest BCUT2D eigenvalue weighted by Crippen LogP contribution is 2.28. The Hall–Kier alpha value is -2.03. The highest BCUT2D eigenvalue weighted by atomic mass is 79.9. The molecule has 0 N–H and O–H groups in total. The van der Waals surface area contributed by atoms with Crippen molar-refractivity contribution < 1.29 is 4.74 Å². The molecular formula is C18H11Br2N3O2S. The molecule has 0 radical (unpaired) electrons. The zero-order valence-corrected chi connectivity index (χ0v) is 17.2. The predicted octanol–water partition coefficient (Wildman–Crippen LogP) is 4.95. The van der Waals surface area contributed by atoms with E-state index in [0.29, 0.717) is 22.6 Å². The molecule has 0 aliphatic heterocycles. The van der Waals surface area contributed by atoms with Crippen LogP contribution >= 0.6 is 43.2 Å². The average Bonchev–Trinajstić information content (AvgIpc) is 3.16. The topological polar surface area (TPSA) is 57.0 Å². The van der Waals surface area contributed by atoms with E-state index in [0.717, 1.165) is 14.5 Å². The van der Waals surface area contributed by atoms with Gasteiger partial charge in [0.2, 0.25) is 5.13 Å². The lowest BCUT2D eigenvalue weighted by molar-refractivity contribution is 0.273. The van der Waals surface area contributed by atoms with E-state index < -0.39 is 0 Å². The Morgan fingerprint density at radius 1 is 1.15 bits per heavy atom. The molecule has 2 aromatic carbocycles. The lowest BCUT2D eigenvalue weighted by atomic mass is 10.2. The number of nitrogens with zero attached hydrogens (tertiary/aromatic N) is 3. The van der Waals surface area contributed by atoms with Gasteiger partial charge >= 0.3 is 6.01 Å². The van der Waals surface area contributed by atoms with Gasteiger partial charge in [-0.25, -0.2) is 9.55 Å². The minimum Gasteiger partial charge on any atom is -0.459 e. The number of hydrogen-bond donors (Lipinski definition) is 0. The Morgan fingerprint density at radius 3 is 2.69 bits per heavy atom. The van der Waals surface area contributed by atoms with Crippen LogP contribution in [0.15, 0.2) is 67.8 Å². The lowest BCUT2D eigenvalue weighted by Crippen LogP contribution is -2.22. The molecular weight excluding hydrogens is 482 g/mol. The number of halogens is 2. The summed E-state index contributed by atoms with van der Waals surface area (Å²) in [5.74, 6) is 0. The maximum Gasteiger partial charge on any atom is 0.306 e. The lowest BCUT2D eigenvalue weighted by Gasteiger charge is -2.13. The number of rotatable bonds is 4. The molecule has 5 nitrogen and oxygen atoms in total. The van der Waals surface area contributed by atoms with Crippen molar-refractivity contribution in [2.75, 3.05) is 0 Å². The fourth-order valence-corrected chi connectivity index (χ4v) is 4.46. The molecule has 26 heavy (non-hydrogen) atoms. The molecule has 130 valence electrons. The van der Waals surface area contributed by atoms with Gasteiger partial charge in [0.15, 0.2) is 0 Å². The number of hydrogen-bond acceptors (Lipinski definition) is 5. The van der Waals surface area contributed by atoms with Gasteiger partial charge < -0.3 is 4.74 Å². The maximum absolute atomic E-state index is 13.1. The highest BCUT2D eigenvalue weighted by Gasteiger charge is 2.18. The van der Waals surface area contributed by atoms with Crippen molar-refractivity contribution in [1.29, 1.82) is 0 Å². The van der Waals surface area contributed by atoms with E-state index in [9.17, 15) is 4.79 Å². The number of aromatic nitrogens is 3. The van der Waals surface area contributed by atoms with E-state index in [-0.39, 0.29) is 11.6 Å². The maximum atomic E-state index is 13.1. The molecule has 0 amide bonds. The third-order valence-corrected chi connectivity index (χ3v) is 5.50. The molecule has 0 bridgehead atoms. The van der Waals surface area contributed by atoms with Crippen LogP contribution in [0.1, 0.15) is 5.56 Å². The first-order valence-corrected chi connectivity index (χ1v) is 10.1. The fourth-order valence-electron chi connectivity index (χ4n) is 2.51. The zero-order valence-electron chi connectivity index (χ0n) is 13.2. The summed E-state index contributed by atoms with van der Waals surface area (Å²) in [5, 5.41) is 2.81. The molecule has 0 saturated carbocycles. The quantitative estimate of drug-likeness (QED) is 0.404. The van der Waals surface area contributed by atoms with Gasteiger partial charge in [-0.05, 0) is 33.6 Å². The summed E-state index contributed by atoms with van der Waals surface area (Å²) >= 11 is 8.25. The van der Waals surface area contributed by atoms with Crippen molar-refractivity contribution in [3.63, 3.8) is 0 Å². The normalized spacial score (nSPS) is 11.0. The monoisotopic (exact) mass is 491 g/mol. The Balaban J connectivity index is 1.89. The number of benzene rings is 2. The summed E-state index contributed by atoms with van der Waals surface area (Å²) in [4.78, 5) is 22.0. The van der Waals surface area contributed by atoms with Crippen LogP contribution in [0.25, 0.3) is 16.0 Å². The van der Waals surface area contributed by atoms with Crippen molar-refractivity contribution in [3.05, 3.63) is 78.9 Å². The minimum atomic E-state index is -0.227. The second-order valence-corrected chi connectivity index (χ2v) is 8.05. The first-order chi connectivity index (χ1) is 12.6. The van der Waals surface area contributed by atoms with Gasteiger partial charge in [-0.15, -0.1) is 11.3 Å². The van der Waals surface area contributed by atoms with Gasteiger partial charge in [-0.3, -0.25) is 4.79 Å². The highest BCUT2D eigenvalue weighted by molar-refractivity contribution is 9.11. The smallest absolute Gasteiger partial charge is 0.306 e. The van der Waals surface area contributed by atoms with Gasteiger partial charge in [0.05, 0.1) is 10.9 Å². The molecule has 0 fully saturated rings. The minimum absolute atomic E-state index is 0.212. The molecule has 0 unspecified atom stereocenters. The first-order valence-electron chi connectivity index (χ1n) is 7.62. The first kappa shape index (κ1) is 17.4. The van der Waals surface area contributed by atoms with Crippen LogP contribution in [-0.2, 0) is 6.61 Å². The SMILES string of the molecule is O=c1c2cc(Br)cc(Br)c2nc(OCc2ccccc2)n1-c1nccs1. The van der Waals surface area contributed by atoms with Crippen molar-refractivity contribution in [1.82, 2.24) is 14.5 Å². The van der Waals surface area contributed by atoms with Crippen molar-refractivity contribution in [3.8, 4) is 11.1 Å². The van der Waals surface area contributed by atoms with Crippen molar-refractivity contribution >= 4 is 54.1 Å². The standard InChI is InChI=1S/C18H11Br2N3O2S/c19-12-8-13-15(14(20)9-12)22-17(25-10-11-4-2-1-3-5-11)23(16(13)24)18-21-6-7-26-18/h1-9H,10H2. The van der Waals surface area contributed by atoms with E-state index in [1.54, 1.807) is 12.3 Å². The molecule has 0 atom stereocenters. The van der Waals surface area contributed by atoms with Gasteiger partial charge in [-0.1, -0.05) is 46.3 Å². The molecule has 0 saturated heterocycles. The summed E-state index contributed by atoms with van der Waals surface area (Å²) < 4.78 is 8.83. The molecule has 0 aliphatic rings. The van der Waals surface area contributed by atoms with Crippen LogP contribution < -0.4 is 10.3 Å². The number of thiazole rings is 1. The van der Waals surface area contributed by atoms with E-state index in [1.807, 2.05) is 41.8 Å². The second-order valence-electron chi connectivity index (χ2n) is 5.41. The van der Waals surface area contributed by atoms with Gasteiger partial charge in [0.1, 0.15) is 6.61 Å². The molecule has 2 aromatic heterocycles. The average molecular weight is 493 g/mol. The van der Waals surface area contributed by atoms with Crippen molar-refractivity contribution in [2.45, 2.75) is 6.61 Å². The van der Waals surface area contributed by atoms with E-state index in [4.69, 9.17) is 4.74 Å². The zero-order chi connectivity index (χ0) is 18.1. The summed E-state index contributed by atoms with van der Waals surface area (Å²) in [5.41, 5.74) is 1.31. The van der Waals surface area contributed by atoms with Crippen molar-refractivity contribution in [2.24, 2.45) is 0 Å². The van der Waals surface area contributed by atoms with Crippen LogP contribution in [0.5, 0.6) is 6.01 Å². The van der Waals surface area contributed by atoms with E-state index >= 15 is 0 Å². The second kappa shape index (κ2) is 7.30.